The molecule has 0 amide bonds. The minimum atomic E-state index is 1.15. The van der Waals surface area contributed by atoms with Gasteiger partial charge in [0.05, 0.1) is 10.4 Å². The molecule has 1 aromatic heterocycles. The zero-order valence-electron chi connectivity index (χ0n) is 24.9. The molecule has 214 valence electrons. The van der Waals surface area contributed by atoms with E-state index >= 15 is 0 Å². The van der Waals surface area contributed by atoms with Crippen molar-refractivity contribution >= 4 is 102 Å². The molecule has 0 atom stereocenters. The van der Waals surface area contributed by atoms with Crippen LogP contribution in [0.5, 0.6) is 0 Å². The van der Waals surface area contributed by atoms with E-state index < -0.39 is 0 Å². The van der Waals surface area contributed by atoms with Crippen molar-refractivity contribution in [2.75, 3.05) is 4.90 Å². The molecule has 2 heteroatoms. The first-order valence-electron chi connectivity index (χ1n) is 15.8. The van der Waals surface area contributed by atoms with E-state index in [2.05, 4.69) is 169 Å². The maximum absolute atomic E-state index is 2.46. The fourth-order valence-electron chi connectivity index (χ4n) is 7.47. The second kappa shape index (κ2) is 9.90. The van der Waals surface area contributed by atoms with Crippen LogP contribution in [0.25, 0.3) is 74.0 Å². The van der Waals surface area contributed by atoms with Crippen LogP contribution in [-0.4, -0.2) is 0 Å². The van der Waals surface area contributed by atoms with E-state index in [9.17, 15) is 0 Å². The van der Waals surface area contributed by atoms with Gasteiger partial charge in [-0.15, -0.1) is 11.3 Å². The first kappa shape index (κ1) is 25.6. The molecule has 0 saturated heterocycles. The lowest BCUT2D eigenvalue weighted by atomic mass is 9.97. The zero-order chi connectivity index (χ0) is 30.2. The van der Waals surface area contributed by atoms with Gasteiger partial charge in [0, 0.05) is 32.2 Å². The maximum Gasteiger partial charge on any atom is 0.0640 e. The molecular weight excluding hydrogens is 575 g/mol. The Morgan fingerprint density at radius 1 is 0.326 bits per heavy atom. The molecule has 1 nitrogen and oxygen atoms in total. The Morgan fingerprint density at radius 3 is 1.70 bits per heavy atom. The highest BCUT2D eigenvalue weighted by molar-refractivity contribution is 7.27. The fourth-order valence-corrected chi connectivity index (χ4v) is 8.83. The Labute approximate surface area is 270 Å². The van der Waals surface area contributed by atoms with Crippen LogP contribution in [0.3, 0.4) is 0 Å². The maximum atomic E-state index is 2.46. The Balaban J connectivity index is 1.30. The minimum absolute atomic E-state index is 1.15. The standard InChI is InChI=1S/C44H27NS/c1-2-12-30-26-32(23-22-28(30)10-1)45(33-24-25-35-31(27-33)21-20-29-11-3-4-13-34(29)35)41-19-9-18-40-42-38-16-7-5-14-36(38)37-15-6-8-17-39(37)44(42)46-43(40)41/h1-27H. The van der Waals surface area contributed by atoms with Crippen molar-refractivity contribution in [1.82, 2.24) is 0 Å². The van der Waals surface area contributed by atoms with Crippen molar-refractivity contribution in [3.8, 4) is 0 Å². The molecule has 0 unspecified atom stereocenters. The number of hydrogen-bond donors (Lipinski definition) is 0. The minimum Gasteiger partial charge on any atom is -0.309 e. The Morgan fingerprint density at radius 2 is 0.870 bits per heavy atom. The van der Waals surface area contributed by atoms with E-state index in [1.807, 2.05) is 11.3 Å². The molecule has 10 rings (SSSR count). The van der Waals surface area contributed by atoms with Crippen LogP contribution in [-0.2, 0) is 0 Å². The molecule has 0 bridgehead atoms. The summed E-state index contributed by atoms with van der Waals surface area (Å²) in [5, 5.41) is 15.4. The molecule has 0 aliphatic rings. The second-order valence-corrected chi connectivity index (χ2v) is 13.1. The number of fused-ring (bicyclic) bond motifs is 12. The topological polar surface area (TPSA) is 3.24 Å². The van der Waals surface area contributed by atoms with Crippen LogP contribution in [0, 0.1) is 0 Å². The van der Waals surface area contributed by atoms with Gasteiger partial charge in [0.15, 0.2) is 0 Å². The summed E-state index contributed by atoms with van der Waals surface area (Å²) in [6, 6.07) is 60.2. The summed E-state index contributed by atoms with van der Waals surface area (Å²) in [5.41, 5.74) is 3.50. The van der Waals surface area contributed by atoms with Gasteiger partial charge in [-0.25, -0.2) is 0 Å². The number of hydrogen-bond acceptors (Lipinski definition) is 2. The van der Waals surface area contributed by atoms with Crippen LogP contribution < -0.4 is 4.90 Å². The molecule has 10 aromatic rings. The number of benzene rings is 9. The summed E-state index contributed by atoms with van der Waals surface area (Å²) in [4.78, 5) is 2.46. The lowest BCUT2D eigenvalue weighted by molar-refractivity contribution is 1.31. The van der Waals surface area contributed by atoms with Gasteiger partial charge < -0.3 is 4.90 Å². The summed E-state index contributed by atoms with van der Waals surface area (Å²) in [7, 11) is 0. The fraction of sp³-hybridized carbons (Fsp3) is 0. The van der Waals surface area contributed by atoms with Gasteiger partial charge in [-0.1, -0.05) is 133 Å². The highest BCUT2D eigenvalue weighted by Gasteiger charge is 2.21. The molecule has 1 heterocycles. The van der Waals surface area contributed by atoms with Crippen LogP contribution >= 0.6 is 11.3 Å². The van der Waals surface area contributed by atoms with Crippen LogP contribution in [0.15, 0.2) is 164 Å². The van der Waals surface area contributed by atoms with E-state index in [1.54, 1.807) is 0 Å². The monoisotopic (exact) mass is 601 g/mol. The van der Waals surface area contributed by atoms with Crippen molar-refractivity contribution < 1.29 is 0 Å². The quantitative estimate of drug-likeness (QED) is 0.182. The predicted octanol–water partition coefficient (Wildman–Crippen LogP) is 13.3. The van der Waals surface area contributed by atoms with Gasteiger partial charge in [0.2, 0.25) is 0 Å². The third-order valence-corrected chi connectivity index (χ3v) is 10.8. The molecule has 0 aliphatic heterocycles. The SMILES string of the molecule is c1ccc2cc(N(c3ccc4c(ccc5ccccc54)c3)c3cccc4c3sc3c5ccccc5c5ccccc5c43)ccc2c1. The van der Waals surface area contributed by atoms with E-state index in [4.69, 9.17) is 0 Å². The third-order valence-electron chi connectivity index (χ3n) is 9.57. The number of anilines is 3. The number of nitrogens with zero attached hydrogens (tertiary/aromatic N) is 1. The summed E-state index contributed by atoms with van der Waals surface area (Å²) >= 11 is 1.92. The van der Waals surface area contributed by atoms with Gasteiger partial charge in [0.25, 0.3) is 0 Å². The molecule has 46 heavy (non-hydrogen) atoms. The number of thiophene rings is 1. The van der Waals surface area contributed by atoms with Crippen molar-refractivity contribution in [2.24, 2.45) is 0 Å². The van der Waals surface area contributed by atoms with Crippen molar-refractivity contribution in [3.05, 3.63) is 164 Å². The average molecular weight is 602 g/mol. The lowest BCUT2D eigenvalue weighted by Crippen LogP contribution is -2.10. The van der Waals surface area contributed by atoms with Gasteiger partial charge in [0.1, 0.15) is 0 Å². The molecule has 0 fully saturated rings. The van der Waals surface area contributed by atoms with Gasteiger partial charge in [-0.2, -0.15) is 0 Å². The van der Waals surface area contributed by atoms with Gasteiger partial charge in [-0.05, 0) is 78.8 Å². The summed E-state index contributed by atoms with van der Waals surface area (Å²) in [5.74, 6) is 0. The Hall–Kier alpha value is -5.70. The van der Waals surface area contributed by atoms with Crippen LogP contribution in [0.2, 0.25) is 0 Å². The second-order valence-electron chi connectivity index (χ2n) is 12.1. The largest absolute Gasteiger partial charge is 0.309 e. The summed E-state index contributed by atoms with van der Waals surface area (Å²) in [6.07, 6.45) is 0. The van der Waals surface area contributed by atoms with E-state index in [0.717, 1.165) is 11.4 Å². The zero-order valence-corrected chi connectivity index (χ0v) is 25.8. The molecule has 9 aromatic carbocycles. The highest BCUT2D eigenvalue weighted by Crippen LogP contribution is 2.49. The summed E-state index contributed by atoms with van der Waals surface area (Å²) < 4.78 is 2.64. The summed E-state index contributed by atoms with van der Waals surface area (Å²) in [6.45, 7) is 0. The Bertz CT molecular complexity index is 2820. The molecule has 0 spiro atoms. The van der Waals surface area contributed by atoms with E-state index in [1.165, 1.54) is 79.7 Å². The molecular formula is C44H27NS. The molecule has 0 N–H and O–H groups in total. The average Bonchev–Trinajstić information content (AvgIpc) is 3.53. The Kier molecular flexibility index (Phi) is 5.51. The van der Waals surface area contributed by atoms with Crippen molar-refractivity contribution in [3.63, 3.8) is 0 Å². The van der Waals surface area contributed by atoms with E-state index in [-0.39, 0.29) is 0 Å². The molecule has 0 radical (unpaired) electrons. The first-order valence-corrected chi connectivity index (χ1v) is 16.6. The first-order chi connectivity index (χ1) is 22.8. The van der Waals surface area contributed by atoms with Crippen LogP contribution in [0.1, 0.15) is 0 Å². The molecule has 0 aliphatic carbocycles. The lowest BCUT2D eigenvalue weighted by Gasteiger charge is -2.27. The van der Waals surface area contributed by atoms with Gasteiger partial charge >= 0.3 is 0 Å². The third kappa shape index (κ3) is 3.74. The van der Waals surface area contributed by atoms with E-state index in [0.29, 0.717) is 0 Å². The van der Waals surface area contributed by atoms with Crippen LogP contribution in [0.4, 0.5) is 17.1 Å². The highest BCUT2D eigenvalue weighted by atomic mass is 32.1. The van der Waals surface area contributed by atoms with Crippen molar-refractivity contribution in [2.45, 2.75) is 0 Å². The molecule has 0 saturated carbocycles. The number of rotatable bonds is 3. The van der Waals surface area contributed by atoms with Gasteiger partial charge in [-0.3, -0.25) is 0 Å². The normalized spacial score (nSPS) is 11.9. The van der Waals surface area contributed by atoms with Crippen molar-refractivity contribution in [1.29, 1.82) is 0 Å². The predicted molar refractivity (Wildman–Crippen MR) is 202 cm³/mol. The smallest absolute Gasteiger partial charge is 0.0640 e.